The summed E-state index contributed by atoms with van der Waals surface area (Å²) in [6.07, 6.45) is -0.129. The van der Waals surface area contributed by atoms with Crippen molar-refractivity contribution in [3.63, 3.8) is 0 Å². The zero-order chi connectivity index (χ0) is 22.8. The first-order valence-corrected chi connectivity index (χ1v) is 10.3. The molecule has 0 aliphatic carbocycles. The Kier molecular flexibility index (Phi) is 9.06. The molecule has 2 amide bonds. The molecule has 7 heteroatoms. The highest BCUT2D eigenvalue weighted by Crippen LogP contribution is 2.19. The summed E-state index contributed by atoms with van der Waals surface area (Å²) in [6, 6.07) is 14.0. The lowest BCUT2D eigenvalue weighted by Crippen LogP contribution is -2.34. The molecule has 0 fully saturated rings. The Balaban J connectivity index is 1.95. The number of methoxy groups -OCH3 is 1. The normalized spacial score (nSPS) is 11.5. The van der Waals surface area contributed by atoms with E-state index in [0.717, 1.165) is 11.1 Å². The summed E-state index contributed by atoms with van der Waals surface area (Å²) >= 11 is 0. The fourth-order valence-electron chi connectivity index (χ4n) is 3.01. The van der Waals surface area contributed by atoms with Crippen LogP contribution < -0.4 is 15.4 Å². The van der Waals surface area contributed by atoms with Crippen LogP contribution in [-0.2, 0) is 14.3 Å². The molecule has 0 aliphatic rings. The van der Waals surface area contributed by atoms with Crippen LogP contribution in [-0.4, -0.2) is 37.5 Å². The van der Waals surface area contributed by atoms with E-state index in [0.29, 0.717) is 11.3 Å². The number of para-hydroxylation sites is 1. The topological polar surface area (TPSA) is 93.7 Å². The van der Waals surface area contributed by atoms with Gasteiger partial charge in [-0.15, -0.1) is 0 Å². The van der Waals surface area contributed by atoms with Gasteiger partial charge in [0, 0.05) is 13.0 Å². The van der Waals surface area contributed by atoms with Gasteiger partial charge in [-0.3, -0.25) is 14.4 Å². The number of carbonyl (C=O) groups is 3. The molecule has 0 heterocycles. The third-order valence-electron chi connectivity index (χ3n) is 4.54. The summed E-state index contributed by atoms with van der Waals surface area (Å²) in [6.45, 7) is 5.68. The second kappa shape index (κ2) is 11.7. The molecule has 0 aromatic heterocycles. The first-order valence-electron chi connectivity index (χ1n) is 10.3. The van der Waals surface area contributed by atoms with Gasteiger partial charge in [-0.05, 0) is 38.5 Å². The van der Waals surface area contributed by atoms with Crippen molar-refractivity contribution in [2.45, 2.75) is 45.8 Å². The number of aryl methyl sites for hydroxylation is 1. The zero-order valence-corrected chi connectivity index (χ0v) is 18.4. The highest BCUT2D eigenvalue weighted by molar-refractivity contribution is 5.97. The van der Waals surface area contributed by atoms with E-state index >= 15 is 0 Å². The van der Waals surface area contributed by atoms with E-state index in [2.05, 4.69) is 10.6 Å². The van der Waals surface area contributed by atoms with Crippen molar-refractivity contribution in [3.8, 4) is 5.75 Å². The van der Waals surface area contributed by atoms with E-state index in [4.69, 9.17) is 9.47 Å². The van der Waals surface area contributed by atoms with Gasteiger partial charge in [-0.25, -0.2) is 0 Å². The van der Waals surface area contributed by atoms with Crippen molar-refractivity contribution in [2.24, 2.45) is 0 Å². The number of hydrogen-bond donors (Lipinski definition) is 2. The largest absolute Gasteiger partial charge is 0.496 e. The van der Waals surface area contributed by atoms with Gasteiger partial charge >= 0.3 is 5.97 Å². The lowest BCUT2D eigenvalue weighted by Gasteiger charge is -2.20. The van der Waals surface area contributed by atoms with Crippen molar-refractivity contribution >= 4 is 17.8 Å². The summed E-state index contributed by atoms with van der Waals surface area (Å²) in [5, 5.41) is 5.60. The maximum absolute atomic E-state index is 12.5. The van der Waals surface area contributed by atoms with Gasteiger partial charge in [0.25, 0.3) is 5.91 Å². The molecular weight excluding hydrogens is 396 g/mol. The summed E-state index contributed by atoms with van der Waals surface area (Å²) < 4.78 is 10.4. The van der Waals surface area contributed by atoms with E-state index in [1.165, 1.54) is 7.11 Å². The quantitative estimate of drug-likeness (QED) is 0.569. The van der Waals surface area contributed by atoms with Crippen LogP contribution in [0.15, 0.2) is 48.5 Å². The van der Waals surface area contributed by atoms with E-state index in [9.17, 15) is 14.4 Å². The molecule has 2 aromatic rings. The number of esters is 1. The number of nitrogens with one attached hydrogen (secondary N) is 2. The Morgan fingerprint density at radius 3 is 2.32 bits per heavy atom. The van der Waals surface area contributed by atoms with Crippen LogP contribution in [0.4, 0.5) is 0 Å². The number of hydrogen-bond acceptors (Lipinski definition) is 5. The average molecular weight is 427 g/mol. The van der Waals surface area contributed by atoms with Gasteiger partial charge in [0.2, 0.25) is 5.91 Å². The summed E-state index contributed by atoms with van der Waals surface area (Å²) in [4.78, 5) is 37.0. The van der Waals surface area contributed by atoms with Crippen molar-refractivity contribution in [2.75, 3.05) is 13.7 Å². The Morgan fingerprint density at radius 2 is 1.68 bits per heavy atom. The molecule has 0 radical (unpaired) electrons. The fourth-order valence-corrected chi connectivity index (χ4v) is 3.01. The van der Waals surface area contributed by atoms with Crippen molar-refractivity contribution in [1.29, 1.82) is 0 Å². The Hall–Kier alpha value is -3.35. The highest BCUT2D eigenvalue weighted by Gasteiger charge is 2.20. The van der Waals surface area contributed by atoms with Crippen molar-refractivity contribution in [3.05, 3.63) is 65.2 Å². The minimum atomic E-state index is -0.510. The molecule has 1 atom stereocenters. The molecule has 0 bridgehead atoms. The van der Waals surface area contributed by atoms with E-state index in [-0.39, 0.29) is 43.3 Å². The highest BCUT2D eigenvalue weighted by atomic mass is 16.5. The van der Waals surface area contributed by atoms with Gasteiger partial charge in [0.1, 0.15) is 5.75 Å². The number of rotatable bonds is 10. The van der Waals surface area contributed by atoms with Gasteiger partial charge in [0.05, 0.1) is 31.2 Å². The summed E-state index contributed by atoms with van der Waals surface area (Å²) in [5.74, 6) is -0.512. The van der Waals surface area contributed by atoms with Crippen LogP contribution in [0, 0.1) is 6.92 Å². The molecule has 0 aliphatic heterocycles. The lowest BCUT2D eigenvalue weighted by atomic mass is 10.0. The van der Waals surface area contributed by atoms with Crippen LogP contribution in [0.25, 0.3) is 0 Å². The minimum Gasteiger partial charge on any atom is -0.496 e. The Morgan fingerprint density at radius 1 is 1.00 bits per heavy atom. The Labute approximate surface area is 183 Å². The number of ether oxygens (including phenoxy) is 2. The molecule has 2 N–H and O–H groups in total. The third kappa shape index (κ3) is 7.77. The van der Waals surface area contributed by atoms with Crippen LogP contribution in [0.3, 0.4) is 0 Å². The van der Waals surface area contributed by atoms with E-state index in [1.54, 1.807) is 38.1 Å². The predicted octanol–water partition coefficient (Wildman–Crippen LogP) is 3.32. The molecule has 2 rings (SSSR count). The first kappa shape index (κ1) is 23.9. The van der Waals surface area contributed by atoms with Gasteiger partial charge in [-0.2, -0.15) is 0 Å². The van der Waals surface area contributed by atoms with Crippen LogP contribution in [0.1, 0.15) is 54.2 Å². The third-order valence-corrected chi connectivity index (χ3v) is 4.54. The van der Waals surface area contributed by atoms with Gasteiger partial charge in [-0.1, -0.05) is 42.0 Å². The predicted molar refractivity (Wildman–Crippen MR) is 118 cm³/mol. The first-order chi connectivity index (χ1) is 14.8. The van der Waals surface area contributed by atoms with Crippen LogP contribution >= 0.6 is 0 Å². The minimum absolute atomic E-state index is 0.0283. The molecule has 2 aromatic carbocycles. The number of benzene rings is 2. The van der Waals surface area contributed by atoms with Crippen LogP contribution in [0.5, 0.6) is 5.75 Å². The number of amides is 2. The summed E-state index contributed by atoms with van der Waals surface area (Å²) in [7, 11) is 1.50. The van der Waals surface area contributed by atoms with Crippen LogP contribution in [0.2, 0.25) is 0 Å². The van der Waals surface area contributed by atoms with Gasteiger partial charge < -0.3 is 20.1 Å². The Bertz CT molecular complexity index is 893. The molecule has 0 saturated carbocycles. The molecule has 7 nitrogen and oxygen atoms in total. The SMILES string of the molecule is COc1ccccc1C(=O)NCCC(=O)NC(CC(=O)OC(C)C)c1ccc(C)cc1. The van der Waals surface area contributed by atoms with Gasteiger partial charge in [0.15, 0.2) is 0 Å². The average Bonchev–Trinajstić information content (AvgIpc) is 2.73. The molecule has 0 saturated heterocycles. The fraction of sp³-hybridized carbons (Fsp3) is 0.375. The molecule has 31 heavy (non-hydrogen) atoms. The van der Waals surface area contributed by atoms with E-state index < -0.39 is 6.04 Å². The van der Waals surface area contributed by atoms with Crippen molar-refractivity contribution in [1.82, 2.24) is 10.6 Å². The maximum Gasteiger partial charge on any atom is 0.308 e. The molecule has 1 unspecified atom stereocenters. The molecule has 0 spiro atoms. The summed E-state index contributed by atoms with van der Waals surface area (Å²) in [5.41, 5.74) is 2.30. The number of carbonyl (C=O) groups excluding carboxylic acids is 3. The molecule has 166 valence electrons. The van der Waals surface area contributed by atoms with Crippen molar-refractivity contribution < 1.29 is 23.9 Å². The zero-order valence-electron chi connectivity index (χ0n) is 18.4. The molecular formula is C24H30N2O5. The maximum atomic E-state index is 12.5. The standard InChI is InChI=1S/C24H30N2O5/c1-16(2)31-23(28)15-20(18-11-9-17(3)10-12-18)26-22(27)13-14-25-24(29)19-7-5-6-8-21(19)30-4/h5-12,16,20H,13-15H2,1-4H3,(H,25,29)(H,26,27). The lowest BCUT2D eigenvalue weighted by molar-refractivity contribution is -0.148. The second-order valence-electron chi connectivity index (χ2n) is 7.48. The second-order valence-corrected chi connectivity index (χ2v) is 7.48. The monoisotopic (exact) mass is 426 g/mol. The van der Waals surface area contributed by atoms with E-state index in [1.807, 2.05) is 31.2 Å². The smallest absolute Gasteiger partial charge is 0.308 e.